The average molecular weight is 401 g/mol. The van der Waals surface area contributed by atoms with Gasteiger partial charge in [-0.3, -0.25) is 4.79 Å². The van der Waals surface area contributed by atoms with Crippen molar-refractivity contribution in [3.63, 3.8) is 0 Å². The van der Waals surface area contributed by atoms with Gasteiger partial charge in [-0.15, -0.1) is 11.6 Å². The minimum Gasteiger partial charge on any atom is -0.507 e. The van der Waals surface area contributed by atoms with E-state index in [-0.39, 0.29) is 29.0 Å². The predicted octanol–water partition coefficient (Wildman–Crippen LogP) is 2.89. The molecule has 140 valence electrons. The number of alkyl halides is 1. The van der Waals surface area contributed by atoms with Gasteiger partial charge in [-0.25, -0.2) is 4.79 Å². The van der Waals surface area contributed by atoms with Gasteiger partial charge in [0.25, 0.3) is 0 Å². The molecule has 2 rings (SSSR count). The lowest BCUT2D eigenvalue weighted by molar-refractivity contribution is -0.114. The molecule has 26 heavy (non-hydrogen) atoms. The Morgan fingerprint density at radius 3 is 2.58 bits per heavy atom. The van der Waals surface area contributed by atoms with E-state index in [2.05, 4.69) is 0 Å². The second kappa shape index (κ2) is 8.58. The number of fused-ring (bicyclic) bond motifs is 1. The lowest BCUT2D eigenvalue weighted by atomic mass is 9.99. The van der Waals surface area contributed by atoms with Crippen LogP contribution in [-0.2, 0) is 16.0 Å². The molecular formula is C18H18Cl2O6. The molecule has 1 aromatic rings. The fourth-order valence-electron chi connectivity index (χ4n) is 2.53. The summed E-state index contributed by atoms with van der Waals surface area (Å²) in [6, 6.07) is 0.906. The summed E-state index contributed by atoms with van der Waals surface area (Å²) in [4.78, 5) is 24.6. The van der Waals surface area contributed by atoms with Gasteiger partial charge in [-0.1, -0.05) is 29.8 Å². The van der Waals surface area contributed by atoms with Crippen LogP contribution in [0, 0.1) is 0 Å². The van der Waals surface area contributed by atoms with Crippen molar-refractivity contribution in [2.45, 2.75) is 37.4 Å². The van der Waals surface area contributed by atoms with Gasteiger partial charge in [0.1, 0.15) is 23.2 Å². The van der Waals surface area contributed by atoms with E-state index in [1.165, 1.54) is 24.3 Å². The van der Waals surface area contributed by atoms with E-state index in [1.807, 2.05) is 0 Å². The molecule has 0 radical (unpaired) electrons. The number of ether oxygens (including phenoxy) is 1. The van der Waals surface area contributed by atoms with E-state index in [0.717, 1.165) is 6.07 Å². The third kappa shape index (κ3) is 4.78. The number of hydrogen-bond acceptors (Lipinski definition) is 6. The Morgan fingerprint density at radius 1 is 1.19 bits per heavy atom. The van der Waals surface area contributed by atoms with Crippen LogP contribution < -0.4 is 0 Å². The molecule has 0 aliphatic carbocycles. The van der Waals surface area contributed by atoms with Crippen LogP contribution in [-0.4, -0.2) is 44.7 Å². The standard InChI is InChI=1S/C18H18Cl2O6/c1-9-6-13(22)12(19)5-3-2-4-10(21)7-11-16(18(25)26-9)14(23)8-15(24)17(11)20/h2-5,8-9,12-13,22-24H,6-7H2,1H3/b4-2+,5-3-/t9-,12+,13-/m1/s1. The summed E-state index contributed by atoms with van der Waals surface area (Å²) in [6.07, 6.45) is 3.73. The number of hydrogen-bond donors (Lipinski definition) is 3. The van der Waals surface area contributed by atoms with Crippen LogP contribution >= 0.6 is 23.2 Å². The molecule has 1 aliphatic rings. The molecular weight excluding hydrogens is 383 g/mol. The van der Waals surface area contributed by atoms with Gasteiger partial charge in [-0.2, -0.15) is 0 Å². The second-order valence-corrected chi connectivity index (χ2v) is 6.81. The highest BCUT2D eigenvalue weighted by molar-refractivity contribution is 6.33. The van der Waals surface area contributed by atoms with Gasteiger partial charge in [0, 0.05) is 24.5 Å². The number of phenolic OH excluding ortho intramolecular Hbond substituents is 2. The maximum Gasteiger partial charge on any atom is 0.342 e. The van der Waals surface area contributed by atoms with Gasteiger partial charge in [-0.05, 0) is 13.0 Å². The topological polar surface area (TPSA) is 104 Å². The van der Waals surface area contributed by atoms with E-state index in [4.69, 9.17) is 27.9 Å². The largest absolute Gasteiger partial charge is 0.507 e. The summed E-state index contributed by atoms with van der Waals surface area (Å²) in [5.41, 5.74) is -0.335. The van der Waals surface area contributed by atoms with Crippen LogP contribution in [0.3, 0.4) is 0 Å². The summed E-state index contributed by atoms with van der Waals surface area (Å²) in [5, 5.41) is 29.0. The first-order valence-corrected chi connectivity index (χ1v) is 8.66. The van der Waals surface area contributed by atoms with E-state index in [0.29, 0.717) is 0 Å². The molecule has 0 saturated heterocycles. The number of ketones is 1. The van der Waals surface area contributed by atoms with Gasteiger partial charge in [0.15, 0.2) is 5.78 Å². The van der Waals surface area contributed by atoms with Crippen LogP contribution in [0.4, 0.5) is 0 Å². The zero-order valence-corrected chi connectivity index (χ0v) is 15.4. The van der Waals surface area contributed by atoms with Crippen molar-refractivity contribution in [2.24, 2.45) is 0 Å². The van der Waals surface area contributed by atoms with E-state index >= 15 is 0 Å². The first-order chi connectivity index (χ1) is 12.2. The molecule has 0 aromatic heterocycles. The molecule has 6 nitrogen and oxygen atoms in total. The smallest absolute Gasteiger partial charge is 0.342 e. The van der Waals surface area contributed by atoms with Crippen LogP contribution in [0.2, 0.25) is 5.02 Å². The zero-order chi connectivity index (χ0) is 19.4. The lowest BCUT2D eigenvalue weighted by Gasteiger charge is -2.20. The van der Waals surface area contributed by atoms with Crippen molar-refractivity contribution in [3.05, 3.63) is 46.5 Å². The van der Waals surface area contributed by atoms with Gasteiger partial charge < -0.3 is 20.1 Å². The molecule has 1 aliphatic heterocycles. The molecule has 1 heterocycles. The maximum absolute atomic E-state index is 12.5. The Hall–Kier alpha value is -2.02. The second-order valence-electron chi connectivity index (χ2n) is 5.93. The van der Waals surface area contributed by atoms with Crippen molar-refractivity contribution in [3.8, 4) is 11.5 Å². The molecule has 8 heteroatoms. The maximum atomic E-state index is 12.5. The number of allylic oxidation sites excluding steroid dienone is 3. The summed E-state index contributed by atoms with van der Waals surface area (Å²) in [5.74, 6) is -2.36. The SMILES string of the molecule is C[C@@H]1C[C@@H](O)[C@@H](Cl)/C=C\C=C\C(=O)Cc2c(Cl)c(O)cc(O)c2C(=O)O1. The van der Waals surface area contributed by atoms with Crippen molar-refractivity contribution in [1.82, 2.24) is 0 Å². The number of carbonyl (C=O) groups is 2. The number of halogens is 2. The number of cyclic esters (lactones) is 1. The Morgan fingerprint density at radius 2 is 1.88 bits per heavy atom. The highest BCUT2D eigenvalue weighted by atomic mass is 35.5. The molecule has 0 spiro atoms. The van der Waals surface area contributed by atoms with Crippen molar-refractivity contribution in [1.29, 1.82) is 0 Å². The zero-order valence-electron chi connectivity index (χ0n) is 13.9. The molecule has 0 amide bonds. The molecule has 3 N–H and O–H groups in total. The normalized spacial score (nSPS) is 27.2. The predicted molar refractivity (Wildman–Crippen MR) is 96.9 cm³/mol. The van der Waals surface area contributed by atoms with Crippen LogP contribution in [0.5, 0.6) is 11.5 Å². The molecule has 1 aromatic carbocycles. The van der Waals surface area contributed by atoms with Crippen molar-refractivity contribution < 1.29 is 29.6 Å². The number of esters is 1. The molecule has 0 unspecified atom stereocenters. The average Bonchev–Trinajstić information content (AvgIpc) is 2.54. The minimum absolute atomic E-state index is 0.0344. The quantitative estimate of drug-likeness (QED) is 0.456. The fraction of sp³-hybridized carbons (Fsp3) is 0.333. The summed E-state index contributed by atoms with van der Waals surface area (Å²) >= 11 is 12.1. The van der Waals surface area contributed by atoms with E-state index in [9.17, 15) is 24.9 Å². The molecule has 0 bridgehead atoms. The summed E-state index contributed by atoms with van der Waals surface area (Å²) < 4.78 is 5.24. The van der Waals surface area contributed by atoms with E-state index in [1.54, 1.807) is 6.92 Å². The number of carbonyl (C=O) groups excluding carboxylic acids is 2. The lowest BCUT2D eigenvalue weighted by Crippen LogP contribution is -2.27. The van der Waals surface area contributed by atoms with Gasteiger partial charge >= 0.3 is 5.97 Å². The third-order valence-electron chi connectivity index (χ3n) is 3.81. The number of aromatic hydroxyl groups is 2. The first-order valence-electron chi connectivity index (χ1n) is 7.84. The van der Waals surface area contributed by atoms with Crippen LogP contribution in [0.1, 0.15) is 29.3 Å². The Bertz CT molecular complexity index is 771. The first kappa shape index (κ1) is 20.3. The Labute approximate surface area is 160 Å². The molecule has 0 saturated carbocycles. The number of aliphatic hydroxyl groups excluding tert-OH is 1. The van der Waals surface area contributed by atoms with Crippen molar-refractivity contribution >= 4 is 35.0 Å². The van der Waals surface area contributed by atoms with Gasteiger partial charge in [0.2, 0.25) is 0 Å². The molecule has 0 fully saturated rings. The summed E-state index contributed by atoms with van der Waals surface area (Å²) in [7, 11) is 0. The minimum atomic E-state index is -0.987. The Kier molecular flexibility index (Phi) is 6.69. The summed E-state index contributed by atoms with van der Waals surface area (Å²) in [6.45, 7) is 1.56. The number of rotatable bonds is 0. The monoisotopic (exact) mass is 400 g/mol. The van der Waals surface area contributed by atoms with Crippen molar-refractivity contribution in [2.75, 3.05) is 0 Å². The van der Waals surface area contributed by atoms with E-state index < -0.39 is 40.8 Å². The van der Waals surface area contributed by atoms with Crippen LogP contribution in [0.15, 0.2) is 30.4 Å². The number of benzene rings is 1. The van der Waals surface area contributed by atoms with Gasteiger partial charge in [0.05, 0.1) is 16.5 Å². The fourth-order valence-corrected chi connectivity index (χ4v) is 2.93. The number of aliphatic hydroxyl groups is 1. The van der Waals surface area contributed by atoms with Crippen LogP contribution in [0.25, 0.3) is 0 Å². The molecule has 3 atom stereocenters. The third-order valence-corrected chi connectivity index (χ3v) is 4.67. The highest BCUT2D eigenvalue weighted by Gasteiger charge is 2.27. The number of phenols is 2. The Balaban J connectivity index is 2.51. The highest BCUT2D eigenvalue weighted by Crippen LogP contribution is 2.37.